The molecule has 0 heterocycles. The molecule has 2 aromatic rings. The van der Waals surface area contributed by atoms with E-state index < -0.39 is 10.0 Å². The van der Waals surface area contributed by atoms with Crippen molar-refractivity contribution in [1.29, 1.82) is 0 Å². The third-order valence-corrected chi connectivity index (χ3v) is 7.54. The fourth-order valence-corrected chi connectivity index (χ4v) is 5.14. The van der Waals surface area contributed by atoms with Crippen molar-refractivity contribution in [1.82, 2.24) is 10.0 Å². The van der Waals surface area contributed by atoms with Crippen LogP contribution in [-0.2, 0) is 14.8 Å². The van der Waals surface area contributed by atoms with Crippen molar-refractivity contribution in [2.45, 2.75) is 59.3 Å². The Morgan fingerprint density at radius 2 is 1.34 bits per heavy atom. The third-order valence-electron chi connectivity index (χ3n) is 5.81. The van der Waals surface area contributed by atoms with Crippen LogP contribution in [-0.4, -0.2) is 33.3 Å². The lowest BCUT2D eigenvalue weighted by atomic mass is 9.95. The minimum Gasteiger partial charge on any atom is -0.352 e. The highest BCUT2D eigenvalue weighted by Crippen LogP contribution is 2.29. The Hall–Kier alpha value is -2.71. The van der Waals surface area contributed by atoms with Gasteiger partial charge in [-0.2, -0.15) is 0 Å². The largest absolute Gasteiger partial charge is 0.352 e. The van der Waals surface area contributed by atoms with Crippen LogP contribution in [0.1, 0.15) is 57.9 Å². The standard InChI is InChI=1S/C24H33N3O4S/c1-7-13-25-24(29)20-8-10-21(11-9-20)27-22(28)12-14-26-32(30,31)23-18(5)16(3)15(2)17(4)19(23)6/h8-11,26H,7,12-14H2,1-6H3,(H,25,29)(H,27,28). The first-order chi connectivity index (χ1) is 15.0. The number of sulfonamides is 1. The molecule has 0 aliphatic rings. The lowest BCUT2D eigenvalue weighted by Gasteiger charge is -2.19. The van der Waals surface area contributed by atoms with Crippen LogP contribution in [0.5, 0.6) is 0 Å². The predicted molar refractivity (Wildman–Crippen MR) is 128 cm³/mol. The summed E-state index contributed by atoms with van der Waals surface area (Å²) < 4.78 is 28.4. The van der Waals surface area contributed by atoms with Gasteiger partial charge in [-0.25, -0.2) is 13.1 Å². The zero-order valence-corrected chi connectivity index (χ0v) is 20.5. The third kappa shape index (κ3) is 5.95. The molecule has 3 N–H and O–H groups in total. The first-order valence-corrected chi connectivity index (χ1v) is 12.2. The molecular weight excluding hydrogens is 426 g/mol. The summed E-state index contributed by atoms with van der Waals surface area (Å²) in [6.45, 7) is 12.0. The number of nitrogens with one attached hydrogen (secondary N) is 3. The van der Waals surface area contributed by atoms with Crippen molar-refractivity contribution in [2.75, 3.05) is 18.4 Å². The van der Waals surface area contributed by atoms with Gasteiger partial charge in [-0.05, 0) is 93.1 Å². The van der Waals surface area contributed by atoms with Gasteiger partial charge in [0, 0.05) is 30.8 Å². The molecule has 0 atom stereocenters. The van der Waals surface area contributed by atoms with E-state index in [1.807, 2.05) is 41.5 Å². The van der Waals surface area contributed by atoms with Gasteiger partial charge in [-0.1, -0.05) is 6.92 Å². The maximum atomic E-state index is 12.9. The van der Waals surface area contributed by atoms with Gasteiger partial charge in [0.1, 0.15) is 0 Å². The van der Waals surface area contributed by atoms with E-state index in [2.05, 4.69) is 15.4 Å². The summed E-state index contributed by atoms with van der Waals surface area (Å²) in [5.74, 6) is -0.480. The summed E-state index contributed by atoms with van der Waals surface area (Å²) in [4.78, 5) is 24.5. The molecule has 2 amide bonds. The quantitative estimate of drug-likeness (QED) is 0.532. The van der Waals surface area contributed by atoms with Crippen LogP contribution in [0.3, 0.4) is 0 Å². The maximum absolute atomic E-state index is 12.9. The van der Waals surface area contributed by atoms with Crippen molar-refractivity contribution in [3.05, 3.63) is 57.6 Å². The molecule has 0 radical (unpaired) electrons. The van der Waals surface area contributed by atoms with Crippen molar-refractivity contribution in [2.24, 2.45) is 0 Å². The van der Waals surface area contributed by atoms with E-state index in [-0.39, 0.29) is 29.7 Å². The van der Waals surface area contributed by atoms with E-state index in [1.165, 1.54) is 0 Å². The Balaban J connectivity index is 1.98. The summed E-state index contributed by atoms with van der Waals surface area (Å²) >= 11 is 0. The van der Waals surface area contributed by atoms with E-state index in [4.69, 9.17) is 0 Å². The number of hydrogen-bond acceptors (Lipinski definition) is 4. The maximum Gasteiger partial charge on any atom is 0.251 e. The first kappa shape index (κ1) is 25.5. The van der Waals surface area contributed by atoms with Crippen LogP contribution in [0.4, 0.5) is 5.69 Å². The summed E-state index contributed by atoms with van der Waals surface area (Å²) in [6.07, 6.45) is 0.839. The molecule has 0 aliphatic carbocycles. The number of anilines is 1. The molecule has 7 nitrogen and oxygen atoms in total. The summed E-state index contributed by atoms with van der Waals surface area (Å²) in [6, 6.07) is 6.56. The molecule has 174 valence electrons. The summed E-state index contributed by atoms with van der Waals surface area (Å²) in [5.41, 5.74) is 5.51. The van der Waals surface area contributed by atoms with E-state index in [1.54, 1.807) is 24.3 Å². The minimum absolute atomic E-state index is 0.0140. The second-order valence-corrected chi connectivity index (χ2v) is 9.69. The van der Waals surface area contributed by atoms with Gasteiger partial charge < -0.3 is 10.6 Å². The smallest absolute Gasteiger partial charge is 0.251 e. The Kier molecular flexibility index (Phi) is 8.58. The number of hydrogen-bond donors (Lipinski definition) is 3. The van der Waals surface area contributed by atoms with Crippen molar-refractivity contribution >= 4 is 27.5 Å². The average Bonchev–Trinajstić information content (AvgIpc) is 2.75. The SMILES string of the molecule is CCCNC(=O)c1ccc(NC(=O)CCNS(=O)(=O)c2c(C)c(C)c(C)c(C)c2C)cc1. The van der Waals surface area contributed by atoms with Gasteiger partial charge in [-0.3, -0.25) is 9.59 Å². The molecule has 2 aromatic carbocycles. The topological polar surface area (TPSA) is 104 Å². The molecule has 0 bridgehead atoms. The summed E-state index contributed by atoms with van der Waals surface area (Å²) in [7, 11) is -3.75. The van der Waals surface area contributed by atoms with Crippen molar-refractivity contribution < 1.29 is 18.0 Å². The molecule has 0 saturated heterocycles. The fraction of sp³-hybridized carbons (Fsp3) is 0.417. The highest BCUT2D eigenvalue weighted by Gasteiger charge is 2.23. The van der Waals surface area contributed by atoms with Crippen LogP contribution in [0.2, 0.25) is 0 Å². The second-order valence-electron chi connectivity index (χ2n) is 7.98. The molecule has 0 unspecified atom stereocenters. The van der Waals surface area contributed by atoms with Crippen molar-refractivity contribution in [3.8, 4) is 0 Å². The minimum atomic E-state index is -3.75. The van der Waals surface area contributed by atoms with Gasteiger partial charge in [0.05, 0.1) is 4.90 Å². The van der Waals surface area contributed by atoms with Crippen LogP contribution in [0.15, 0.2) is 29.2 Å². The molecule has 8 heteroatoms. The van der Waals surface area contributed by atoms with Crippen LogP contribution < -0.4 is 15.4 Å². The summed E-state index contributed by atoms with van der Waals surface area (Å²) in [5, 5.41) is 5.51. The molecule has 0 aliphatic heterocycles. The lowest BCUT2D eigenvalue weighted by Crippen LogP contribution is -2.29. The van der Waals surface area contributed by atoms with Crippen LogP contribution >= 0.6 is 0 Å². The van der Waals surface area contributed by atoms with Gasteiger partial charge in [-0.15, -0.1) is 0 Å². The zero-order valence-electron chi connectivity index (χ0n) is 19.7. The average molecular weight is 460 g/mol. The monoisotopic (exact) mass is 459 g/mol. The number of benzene rings is 2. The molecule has 0 spiro atoms. The van der Waals surface area contributed by atoms with Gasteiger partial charge >= 0.3 is 0 Å². The first-order valence-electron chi connectivity index (χ1n) is 10.7. The molecule has 0 saturated carbocycles. The van der Waals surface area contributed by atoms with Gasteiger partial charge in [0.2, 0.25) is 15.9 Å². The van der Waals surface area contributed by atoms with Gasteiger partial charge in [0.25, 0.3) is 5.91 Å². The Morgan fingerprint density at radius 1 is 0.812 bits per heavy atom. The van der Waals surface area contributed by atoms with E-state index in [9.17, 15) is 18.0 Å². The van der Waals surface area contributed by atoms with E-state index in [0.717, 1.165) is 34.2 Å². The van der Waals surface area contributed by atoms with E-state index >= 15 is 0 Å². The lowest BCUT2D eigenvalue weighted by molar-refractivity contribution is -0.116. The highest BCUT2D eigenvalue weighted by molar-refractivity contribution is 7.89. The Bertz CT molecular complexity index is 1080. The molecule has 0 fully saturated rings. The van der Waals surface area contributed by atoms with Crippen molar-refractivity contribution in [3.63, 3.8) is 0 Å². The van der Waals surface area contributed by atoms with Crippen LogP contribution in [0, 0.1) is 34.6 Å². The molecule has 0 aromatic heterocycles. The normalized spacial score (nSPS) is 11.3. The Morgan fingerprint density at radius 3 is 1.88 bits per heavy atom. The zero-order chi connectivity index (χ0) is 24.1. The number of rotatable bonds is 9. The fourth-order valence-electron chi connectivity index (χ4n) is 3.51. The van der Waals surface area contributed by atoms with Gasteiger partial charge in [0.15, 0.2) is 0 Å². The number of carbonyl (C=O) groups excluding carboxylic acids is 2. The van der Waals surface area contributed by atoms with Crippen LogP contribution in [0.25, 0.3) is 0 Å². The number of amides is 2. The highest BCUT2D eigenvalue weighted by atomic mass is 32.2. The Labute approximate surface area is 191 Å². The predicted octanol–water partition coefficient (Wildman–Crippen LogP) is 3.68. The molecular formula is C24H33N3O4S. The number of carbonyl (C=O) groups is 2. The van der Waals surface area contributed by atoms with E-state index in [0.29, 0.717) is 17.8 Å². The second kappa shape index (κ2) is 10.7. The molecule has 32 heavy (non-hydrogen) atoms. The molecule has 2 rings (SSSR count).